The minimum Gasteiger partial charge on any atom is -0.357 e. The average Bonchev–Trinajstić information content (AvgIpc) is 2.57. The lowest BCUT2D eigenvalue weighted by atomic mass is 10.2. The number of nitrogens with zero attached hydrogens (tertiary/aromatic N) is 3. The minimum absolute atomic E-state index is 0.0696. The summed E-state index contributed by atoms with van der Waals surface area (Å²) in [6.07, 6.45) is 2.52. The molecule has 0 bridgehead atoms. The van der Waals surface area contributed by atoms with E-state index in [-0.39, 0.29) is 17.2 Å². The molecule has 5 nitrogen and oxygen atoms in total. The highest BCUT2D eigenvalue weighted by molar-refractivity contribution is 5.60. The molecule has 0 aliphatic rings. The number of benzene rings is 1. The summed E-state index contributed by atoms with van der Waals surface area (Å²) in [6, 6.07) is 8.22. The topological polar surface area (TPSA) is 59.8 Å². The first-order chi connectivity index (χ1) is 11.1. The fourth-order valence-electron chi connectivity index (χ4n) is 2.12. The SMILES string of the molecule is CNc1ncc(F)c(-c2ccc(=O)n(-c3ccc(F)cc3)c2)n1. The Balaban J connectivity index is 2.14. The number of aromatic nitrogens is 3. The number of nitrogens with one attached hydrogen (secondary N) is 1. The van der Waals surface area contributed by atoms with E-state index in [4.69, 9.17) is 0 Å². The van der Waals surface area contributed by atoms with Crippen LogP contribution in [0.2, 0.25) is 0 Å². The molecule has 3 rings (SSSR count). The summed E-state index contributed by atoms with van der Waals surface area (Å²) >= 11 is 0. The second-order valence-electron chi connectivity index (χ2n) is 4.74. The van der Waals surface area contributed by atoms with Crippen LogP contribution in [0.1, 0.15) is 0 Å². The second kappa shape index (κ2) is 5.96. The lowest BCUT2D eigenvalue weighted by molar-refractivity contribution is 0.618. The Morgan fingerprint density at radius 1 is 1.09 bits per heavy atom. The van der Waals surface area contributed by atoms with Crippen LogP contribution in [-0.4, -0.2) is 21.6 Å². The van der Waals surface area contributed by atoms with Gasteiger partial charge in [-0.1, -0.05) is 0 Å². The molecule has 1 aromatic carbocycles. The van der Waals surface area contributed by atoms with E-state index in [2.05, 4.69) is 15.3 Å². The van der Waals surface area contributed by atoms with Gasteiger partial charge in [-0.2, -0.15) is 0 Å². The molecular weight excluding hydrogens is 302 g/mol. The quantitative estimate of drug-likeness (QED) is 0.807. The monoisotopic (exact) mass is 314 g/mol. The number of hydrogen-bond donors (Lipinski definition) is 1. The van der Waals surface area contributed by atoms with Gasteiger partial charge in [-0.25, -0.2) is 18.7 Å². The number of rotatable bonds is 3. The van der Waals surface area contributed by atoms with Gasteiger partial charge >= 0.3 is 0 Å². The Bertz CT molecular complexity index is 907. The third kappa shape index (κ3) is 2.94. The van der Waals surface area contributed by atoms with Gasteiger partial charge in [0.1, 0.15) is 11.5 Å². The molecule has 2 heterocycles. The fourth-order valence-corrected chi connectivity index (χ4v) is 2.12. The molecular formula is C16H12F2N4O. The van der Waals surface area contributed by atoms with Crippen molar-refractivity contribution in [1.82, 2.24) is 14.5 Å². The maximum Gasteiger partial charge on any atom is 0.255 e. The molecule has 0 unspecified atom stereocenters. The standard InChI is InChI=1S/C16H12F2N4O/c1-19-16-20-8-13(18)15(21-16)10-2-7-14(23)22(9-10)12-5-3-11(17)4-6-12/h2-9H,1H3,(H,19,20,21). The summed E-state index contributed by atoms with van der Waals surface area (Å²) in [6.45, 7) is 0. The van der Waals surface area contributed by atoms with Crippen molar-refractivity contribution in [2.75, 3.05) is 12.4 Å². The summed E-state index contributed by atoms with van der Waals surface area (Å²) in [5, 5.41) is 2.73. The van der Waals surface area contributed by atoms with Gasteiger partial charge in [-0.05, 0) is 30.3 Å². The van der Waals surface area contributed by atoms with Crippen LogP contribution in [0.3, 0.4) is 0 Å². The van der Waals surface area contributed by atoms with Crippen molar-refractivity contribution in [1.29, 1.82) is 0 Å². The van der Waals surface area contributed by atoms with Crippen LogP contribution < -0.4 is 10.9 Å². The third-order valence-corrected chi connectivity index (χ3v) is 3.26. The number of pyridine rings is 1. The van der Waals surface area contributed by atoms with E-state index in [1.165, 1.54) is 47.2 Å². The highest BCUT2D eigenvalue weighted by atomic mass is 19.1. The Kier molecular flexibility index (Phi) is 3.84. The molecule has 23 heavy (non-hydrogen) atoms. The summed E-state index contributed by atoms with van der Waals surface area (Å²) in [7, 11) is 1.62. The third-order valence-electron chi connectivity index (χ3n) is 3.26. The number of anilines is 1. The number of hydrogen-bond acceptors (Lipinski definition) is 4. The fraction of sp³-hybridized carbons (Fsp3) is 0.0625. The van der Waals surface area contributed by atoms with Crippen LogP contribution in [0, 0.1) is 11.6 Å². The zero-order chi connectivity index (χ0) is 16.4. The van der Waals surface area contributed by atoms with E-state index in [0.29, 0.717) is 11.3 Å². The zero-order valence-electron chi connectivity index (χ0n) is 12.1. The highest BCUT2D eigenvalue weighted by Crippen LogP contribution is 2.21. The van der Waals surface area contributed by atoms with Crippen molar-refractivity contribution in [3.63, 3.8) is 0 Å². The van der Waals surface area contributed by atoms with Crippen molar-refractivity contribution >= 4 is 5.95 Å². The van der Waals surface area contributed by atoms with Gasteiger partial charge in [0.05, 0.1) is 6.20 Å². The van der Waals surface area contributed by atoms with Gasteiger partial charge in [0, 0.05) is 30.6 Å². The van der Waals surface area contributed by atoms with E-state index in [1.807, 2.05) is 0 Å². The summed E-state index contributed by atoms with van der Waals surface area (Å²) in [4.78, 5) is 19.9. The first-order valence-electron chi connectivity index (χ1n) is 6.78. The Labute approximate surface area is 130 Å². The van der Waals surface area contributed by atoms with Crippen LogP contribution >= 0.6 is 0 Å². The second-order valence-corrected chi connectivity index (χ2v) is 4.74. The highest BCUT2D eigenvalue weighted by Gasteiger charge is 2.11. The predicted molar refractivity (Wildman–Crippen MR) is 82.5 cm³/mol. The molecule has 0 saturated heterocycles. The molecule has 2 aromatic heterocycles. The molecule has 1 N–H and O–H groups in total. The maximum absolute atomic E-state index is 14.0. The zero-order valence-corrected chi connectivity index (χ0v) is 12.1. The lowest BCUT2D eigenvalue weighted by Gasteiger charge is -2.09. The Morgan fingerprint density at radius 3 is 2.52 bits per heavy atom. The van der Waals surface area contributed by atoms with Gasteiger partial charge in [0.25, 0.3) is 5.56 Å². The lowest BCUT2D eigenvalue weighted by Crippen LogP contribution is -2.16. The molecule has 0 radical (unpaired) electrons. The van der Waals surface area contributed by atoms with E-state index >= 15 is 0 Å². The van der Waals surface area contributed by atoms with Crippen LogP contribution in [0.4, 0.5) is 14.7 Å². The summed E-state index contributed by atoms with van der Waals surface area (Å²) in [5.41, 5.74) is 0.635. The Morgan fingerprint density at radius 2 is 1.83 bits per heavy atom. The molecule has 0 amide bonds. The average molecular weight is 314 g/mol. The molecule has 3 aromatic rings. The normalized spacial score (nSPS) is 10.6. The van der Waals surface area contributed by atoms with E-state index in [1.54, 1.807) is 7.05 Å². The van der Waals surface area contributed by atoms with E-state index in [0.717, 1.165) is 6.20 Å². The maximum atomic E-state index is 14.0. The van der Waals surface area contributed by atoms with Gasteiger partial charge in [-0.3, -0.25) is 9.36 Å². The molecule has 7 heteroatoms. The molecule has 116 valence electrons. The van der Waals surface area contributed by atoms with Crippen LogP contribution in [0.5, 0.6) is 0 Å². The van der Waals surface area contributed by atoms with Gasteiger partial charge in [0.2, 0.25) is 5.95 Å². The summed E-state index contributed by atoms with van der Waals surface area (Å²) in [5.74, 6) is -0.743. The molecule has 0 atom stereocenters. The minimum atomic E-state index is -0.603. The first kappa shape index (κ1) is 14.8. The van der Waals surface area contributed by atoms with E-state index in [9.17, 15) is 13.6 Å². The van der Waals surface area contributed by atoms with Crippen LogP contribution in [-0.2, 0) is 0 Å². The molecule has 0 fully saturated rings. The Hall–Kier alpha value is -3.09. The van der Waals surface area contributed by atoms with Crippen molar-refractivity contribution < 1.29 is 8.78 Å². The van der Waals surface area contributed by atoms with Crippen LogP contribution in [0.15, 0.2) is 53.6 Å². The summed E-state index contributed by atoms with van der Waals surface area (Å²) < 4.78 is 28.3. The van der Waals surface area contributed by atoms with Crippen molar-refractivity contribution in [2.45, 2.75) is 0 Å². The van der Waals surface area contributed by atoms with E-state index < -0.39 is 11.6 Å². The van der Waals surface area contributed by atoms with Crippen molar-refractivity contribution in [2.24, 2.45) is 0 Å². The van der Waals surface area contributed by atoms with Crippen LogP contribution in [0.25, 0.3) is 16.9 Å². The number of halogens is 2. The molecule has 0 aliphatic carbocycles. The molecule has 0 saturated carbocycles. The van der Waals surface area contributed by atoms with Gasteiger partial charge in [0.15, 0.2) is 5.82 Å². The predicted octanol–water partition coefficient (Wildman–Crippen LogP) is 2.61. The van der Waals surface area contributed by atoms with Crippen molar-refractivity contribution in [3.8, 4) is 16.9 Å². The molecule has 0 spiro atoms. The smallest absolute Gasteiger partial charge is 0.255 e. The van der Waals surface area contributed by atoms with Crippen molar-refractivity contribution in [3.05, 3.63) is 70.8 Å². The molecule has 0 aliphatic heterocycles. The van der Waals surface area contributed by atoms with Gasteiger partial charge in [-0.15, -0.1) is 0 Å². The van der Waals surface area contributed by atoms with Gasteiger partial charge < -0.3 is 5.32 Å². The largest absolute Gasteiger partial charge is 0.357 e. The first-order valence-corrected chi connectivity index (χ1v) is 6.78.